The molecule has 82 valence electrons. The summed E-state index contributed by atoms with van der Waals surface area (Å²) in [5, 5.41) is 17.8. The highest BCUT2D eigenvalue weighted by molar-refractivity contribution is 6.60. The van der Waals surface area contributed by atoms with Crippen LogP contribution in [0.4, 0.5) is 4.39 Å². The van der Waals surface area contributed by atoms with Crippen LogP contribution in [0.3, 0.4) is 0 Å². The van der Waals surface area contributed by atoms with Crippen molar-refractivity contribution in [3.05, 3.63) is 16.9 Å². The van der Waals surface area contributed by atoms with Gasteiger partial charge in [0.15, 0.2) is 11.6 Å². The number of hydrogen-bond acceptors (Lipinski definition) is 4. The van der Waals surface area contributed by atoms with Crippen molar-refractivity contribution in [2.24, 2.45) is 0 Å². The normalized spacial score (nSPS) is 10.0. The largest absolute Gasteiger partial charge is 0.495 e. The molecule has 0 radical (unpaired) electrons. The van der Waals surface area contributed by atoms with Crippen LogP contribution < -0.4 is 14.9 Å². The Morgan fingerprint density at radius 3 is 2.20 bits per heavy atom. The first-order valence-electron chi connectivity index (χ1n) is 3.99. The molecule has 0 spiro atoms. The fourth-order valence-electron chi connectivity index (χ4n) is 1.19. The van der Waals surface area contributed by atoms with E-state index in [0.717, 1.165) is 6.07 Å². The highest BCUT2D eigenvalue weighted by Gasteiger charge is 2.25. The maximum absolute atomic E-state index is 13.3. The van der Waals surface area contributed by atoms with E-state index in [2.05, 4.69) is 0 Å². The third kappa shape index (κ3) is 2.17. The first kappa shape index (κ1) is 12.1. The van der Waals surface area contributed by atoms with E-state index in [0.29, 0.717) is 0 Å². The van der Waals surface area contributed by atoms with Gasteiger partial charge in [0.2, 0.25) is 0 Å². The standard InChI is InChI=1S/C8H9BClFO4/c1-14-7-4(9(12)13)3-5(11)8(15-2)6(7)10/h3,12-13H,1-2H3. The lowest BCUT2D eigenvalue weighted by atomic mass is 9.79. The van der Waals surface area contributed by atoms with Gasteiger partial charge in [-0.2, -0.15) is 0 Å². The van der Waals surface area contributed by atoms with Gasteiger partial charge in [0.1, 0.15) is 10.8 Å². The lowest BCUT2D eigenvalue weighted by Crippen LogP contribution is -2.32. The van der Waals surface area contributed by atoms with Crippen LogP contribution in [0, 0.1) is 5.82 Å². The minimum Gasteiger partial charge on any atom is -0.495 e. The molecule has 0 atom stereocenters. The quantitative estimate of drug-likeness (QED) is 0.732. The van der Waals surface area contributed by atoms with Gasteiger partial charge in [-0.15, -0.1) is 0 Å². The van der Waals surface area contributed by atoms with Gasteiger partial charge in [-0.3, -0.25) is 0 Å². The molecule has 0 aliphatic carbocycles. The van der Waals surface area contributed by atoms with Crippen LogP contribution in [0.2, 0.25) is 5.02 Å². The van der Waals surface area contributed by atoms with Gasteiger partial charge in [-0.05, 0) is 6.07 Å². The summed E-state index contributed by atoms with van der Waals surface area (Å²) >= 11 is 5.75. The highest BCUT2D eigenvalue weighted by Crippen LogP contribution is 2.34. The van der Waals surface area contributed by atoms with E-state index in [-0.39, 0.29) is 22.0 Å². The third-order valence-corrected chi connectivity index (χ3v) is 2.19. The van der Waals surface area contributed by atoms with Crippen LogP contribution in [0.5, 0.6) is 11.5 Å². The minimum absolute atomic E-state index is 0.0232. The molecule has 0 aliphatic rings. The summed E-state index contributed by atoms with van der Waals surface area (Å²) in [6.45, 7) is 0. The maximum atomic E-state index is 13.3. The van der Waals surface area contributed by atoms with Crippen LogP contribution in [0.15, 0.2) is 6.07 Å². The smallest absolute Gasteiger partial charge is 0.492 e. The van der Waals surface area contributed by atoms with Crippen molar-refractivity contribution in [2.75, 3.05) is 14.2 Å². The van der Waals surface area contributed by atoms with Crippen LogP contribution >= 0.6 is 11.6 Å². The Labute approximate surface area is 91.3 Å². The Morgan fingerprint density at radius 2 is 1.80 bits per heavy atom. The van der Waals surface area contributed by atoms with Crippen LogP contribution in [0.1, 0.15) is 0 Å². The van der Waals surface area contributed by atoms with Crippen molar-refractivity contribution >= 4 is 24.2 Å². The molecule has 1 aromatic carbocycles. The number of halogens is 2. The number of benzene rings is 1. The average molecular weight is 234 g/mol. The monoisotopic (exact) mass is 234 g/mol. The molecule has 0 saturated carbocycles. The Balaban J connectivity index is 3.44. The molecule has 0 fully saturated rings. The van der Waals surface area contributed by atoms with Crippen LogP contribution in [-0.2, 0) is 0 Å². The van der Waals surface area contributed by atoms with Gasteiger partial charge < -0.3 is 19.5 Å². The van der Waals surface area contributed by atoms with Gasteiger partial charge in [-0.25, -0.2) is 4.39 Å². The second-order valence-corrected chi connectivity index (χ2v) is 3.08. The van der Waals surface area contributed by atoms with Gasteiger partial charge >= 0.3 is 7.12 Å². The molecule has 0 bridgehead atoms. The maximum Gasteiger partial charge on any atom is 0.492 e. The molecule has 1 rings (SSSR count). The van der Waals surface area contributed by atoms with Crippen molar-refractivity contribution in [1.82, 2.24) is 0 Å². The molecule has 4 nitrogen and oxygen atoms in total. The van der Waals surface area contributed by atoms with E-state index in [4.69, 9.17) is 31.1 Å². The molecule has 0 aliphatic heterocycles. The molecule has 0 amide bonds. The van der Waals surface area contributed by atoms with E-state index < -0.39 is 12.9 Å². The Hall–Kier alpha value is -0.975. The molecular weight excluding hydrogens is 225 g/mol. The number of hydrogen-bond donors (Lipinski definition) is 2. The van der Waals surface area contributed by atoms with Crippen molar-refractivity contribution in [1.29, 1.82) is 0 Å². The van der Waals surface area contributed by atoms with E-state index in [1.807, 2.05) is 0 Å². The molecule has 7 heteroatoms. The van der Waals surface area contributed by atoms with E-state index >= 15 is 0 Å². The topological polar surface area (TPSA) is 58.9 Å². The van der Waals surface area contributed by atoms with Gasteiger partial charge in [-0.1, -0.05) is 11.6 Å². The molecule has 2 N–H and O–H groups in total. The van der Waals surface area contributed by atoms with Gasteiger partial charge in [0.25, 0.3) is 0 Å². The molecule has 0 aromatic heterocycles. The van der Waals surface area contributed by atoms with Crippen molar-refractivity contribution in [3.8, 4) is 11.5 Å². The number of methoxy groups -OCH3 is 2. The van der Waals surface area contributed by atoms with Crippen LogP contribution in [-0.4, -0.2) is 31.4 Å². The second kappa shape index (κ2) is 4.70. The summed E-state index contributed by atoms with van der Waals surface area (Å²) in [6.07, 6.45) is 0. The van der Waals surface area contributed by atoms with Crippen molar-refractivity contribution < 1.29 is 23.9 Å². The minimum atomic E-state index is -1.86. The Kier molecular flexibility index (Phi) is 3.79. The SMILES string of the molecule is COc1c(F)cc(B(O)O)c(OC)c1Cl. The summed E-state index contributed by atoms with van der Waals surface area (Å²) in [4.78, 5) is 0. The second-order valence-electron chi connectivity index (χ2n) is 2.70. The zero-order valence-electron chi connectivity index (χ0n) is 8.12. The predicted molar refractivity (Wildman–Crippen MR) is 54.3 cm³/mol. The van der Waals surface area contributed by atoms with E-state index in [9.17, 15) is 4.39 Å². The molecule has 15 heavy (non-hydrogen) atoms. The molecule has 1 aromatic rings. The highest BCUT2D eigenvalue weighted by atomic mass is 35.5. The fourth-order valence-corrected chi connectivity index (χ4v) is 1.54. The summed E-state index contributed by atoms with van der Waals surface area (Å²) < 4.78 is 22.8. The first-order chi connectivity index (χ1) is 7.02. The summed E-state index contributed by atoms with van der Waals surface area (Å²) in [7, 11) is 0.668. The van der Waals surface area contributed by atoms with E-state index in [1.165, 1.54) is 14.2 Å². The van der Waals surface area contributed by atoms with Gasteiger partial charge in [0.05, 0.1) is 14.2 Å². The first-order valence-corrected chi connectivity index (χ1v) is 4.36. The lowest BCUT2D eigenvalue weighted by Gasteiger charge is -2.13. The Bertz CT molecular complexity index is 372. The summed E-state index contributed by atoms with van der Waals surface area (Å²) in [5.74, 6) is -1.01. The lowest BCUT2D eigenvalue weighted by molar-refractivity contribution is 0.373. The third-order valence-electron chi connectivity index (χ3n) is 1.85. The number of rotatable bonds is 3. The van der Waals surface area contributed by atoms with Crippen molar-refractivity contribution in [2.45, 2.75) is 0 Å². The summed E-state index contributed by atoms with van der Waals surface area (Å²) in [5.41, 5.74) is -0.152. The molecule has 0 unspecified atom stereocenters. The summed E-state index contributed by atoms with van der Waals surface area (Å²) in [6, 6.07) is 0.897. The zero-order chi connectivity index (χ0) is 11.6. The number of ether oxygens (including phenoxy) is 2. The van der Waals surface area contributed by atoms with Gasteiger partial charge in [0, 0.05) is 5.46 Å². The average Bonchev–Trinajstić information content (AvgIpc) is 2.17. The molecule has 0 heterocycles. The Morgan fingerprint density at radius 1 is 1.27 bits per heavy atom. The van der Waals surface area contributed by atoms with Crippen LogP contribution in [0.25, 0.3) is 0 Å². The predicted octanol–water partition coefficient (Wildman–Crippen LogP) is 0.176. The van der Waals surface area contributed by atoms with Crippen molar-refractivity contribution in [3.63, 3.8) is 0 Å². The molecule has 0 saturated heterocycles. The van der Waals surface area contributed by atoms with E-state index in [1.54, 1.807) is 0 Å². The fraction of sp³-hybridized carbons (Fsp3) is 0.250. The zero-order valence-corrected chi connectivity index (χ0v) is 8.88. The molecular formula is C8H9BClFO4.